The second kappa shape index (κ2) is 9.40. The van der Waals surface area contributed by atoms with Crippen LogP contribution in [0.2, 0.25) is 0 Å². The van der Waals surface area contributed by atoms with E-state index in [2.05, 4.69) is 5.32 Å². The van der Waals surface area contributed by atoms with Crippen molar-refractivity contribution in [1.82, 2.24) is 5.32 Å². The van der Waals surface area contributed by atoms with Crippen molar-refractivity contribution in [2.75, 3.05) is 11.5 Å². The molecule has 0 unspecified atom stereocenters. The Morgan fingerprint density at radius 1 is 1.11 bits per heavy atom. The van der Waals surface area contributed by atoms with Crippen molar-refractivity contribution in [3.63, 3.8) is 0 Å². The quantitative estimate of drug-likeness (QED) is 0.432. The molecule has 0 saturated carbocycles. The van der Waals surface area contributed by atoms with Gasteiger partial charge in [0, 0.05) is 18.4 Å². The van der Waals surface area contributed by atoms with Gasteiger partial charge in [0.2, 0.25) is 5.91 Å². The number of hydrogen-bond acceptors (Lipinski definition) is 6. The van der Waals surface area contributed by atoms with Gasteiger partial charge in [-0.3, -0.25) is 9.59 Å². The predicted molar refractivity (Wildman–Crippen MR) is 74.5 cm³/mol. The molecule has 0 fully saturated rings. The molecule has 9 heteroatoms. The lowest BCUT2D eigenvalue weighted by molar-refractivity contribution is -0.141. The fourth-order valence-corrected chi connectivity index (χ4v) is 4.81. The summed E-state index contributed by atoms with van der Waals surface area (Å²) in [5, 5.41) is 19.8. The molecule has 0 aliphatic heterocycles. The van der Waals surface area contributed by atoms with Gasteiger partial charge >= 0.3 is 11.9 Å². The second-order valence-corrected chi connectivity index (χ2v) is 7.79. The molecule has 1 amide bonds. The molecule has 0 heterocycles. The fourth-order valence-electron chi connectivity index (χ4n) is 0.751. The van der Waals surface area contributed by atoms with Crippen molar-refractivity contribution in [3.05, 3.63) is 0 Å². The van der Waals surface area contributed by atoms with Gasteiger partial charge in [0.25, 0.3) is 0 Å². The number of carbonyl (C=O) groups excluding carboxylic acids is 1. The molecule has 0 aromatic carbocycles. The van der Waals surface area contributed by atoms with E-state index in [-0.39, 0.29) is 11.7 Å². The Morgan fingerprint density at radius 3 is 2.11 bits per heavy atom. The normalized spacial score (nSPS) is 13.7. The number of carboxylic acid groups (broad SMARTS) is 2. The van der Waals surface area contributed by atoms with E-state index < -0.39 is 23.9 Å². The minimum atomic E-state index is -1.08. The lowest BCUT2D eigenvalue weighted by Crippen LogP contribution is -2.41. The summed E-state index contributed by atoms with van der Waals surface area (Å²) in [5.41, 5.74) is 0. The van der Waals surface area contributed by atoms with Crippen LogP contribution in [0.4, 0.5) is 0 Å². The lowest BCUT2D eigenvalue weighted by Gasteiger charge is -2.12. The number of amides is 1. The molecule has 0 saturated heterocycles. The van der Waals surface area contributed by atoms with Crippen molar-refractivity contribution in [2.24, 2.45) is 5.92 Å². The largest absolute Gasteiger partial charge is 0.481 e. The van der Waals surface area contributed by atoms with E-state index in [1.54, 1.807) is 6.92 Å². The number of carbonyl (C=O) groups is 3. The molecule has 0 bridgehead atoms. The maximum atomic E-state index is 10.8. The Balaban J connectivity index is 3.77. The van der Waals surface area contributed by atoms with Crippen molar-refractivity contribution in [3.8, 4) is 0 Å². The predicted octanol–water partition coefficient (Wildman–Crippen LogP) is 1.33. The summed E-state index contributed by atoms with van der Waals surface area (Å²) in [5.74, 6) is -2.08. The molecular weight excluding hydrogens is 298 g/mol. The molecule has 3 N–H and O–H groups in total. The molecule has 0 spiro atoms. The van der Waals surface area contributed by atoms with E-state index in [1.165, 1.54) is 38.3 Å². The van der Waals surface area contributed by atoms with Crippen LogP contribution in [0.1, 0.15) is 13.8 Å². The van der Waals surface area contributed by atoms with Crippen molar-refractivity contribution in [1.29, 1.82) is 0 Å². The standard InChI is InChI=1S/C9H15NO5S3/c1-5(8(12)13)3-16-18-17-4-7(9(14)15)10-6(2)11/h5,7H,3-4H2,1-2H3,(H,10,11)(H,12,13)(H,14,15)/t5-,7-/m0/s1. The van der Waals surface area contributed by atoms with E-state index in [0.29, 0.717) is 5.75 Å². The molecule has 104 valence electrons. The first-order chi connectivity index (χ1) is 8.34. The van der Waals surface area contributed by atoms with E-state index >= 15 is 0 Å². The fraction of sp³-hybridized carbons (Fsp3) is 0.667. The minimum Gasteiger partial charge on any atom is -0.481 e. The highest BCUT2D eigenvalue weighted by atomic mass is 33.5. The summed E-state index contributed by atoms with van der Waals surface area (Å²) >= 11 is 0. The third-order valence-electron chi connectivity index (χ3n) is 1.75. The van der Waals surface area contributed by atoms with Gasteiger partial charge in [-0.25, -0.2) is 4.79 Å². The number of hydrogen-bond donors (Lipinski definition) is 3. The van der Waals surface area contributed by atoms with Crippen LogP contribution in [0.25, 0.3) is 0 Å². The number of rotatable bonds is 9. The van der Waals surface area contributed by atoms with Crippen LogP contribution in [-0.4, -0.2) is 45.6 Å². The third kappa shape index (κ3) is 8.54. The van der Waals surface area contributed by atoms with Crippen LogP contribution in [0.3, 0.4) is 0 Å². The Bertz CT molecular complexity index is 313. The maximum Gasteiger partial charge on any atom is 0.327 e. The van der Waals surface area contributed by atoms with Crippen LogP contribution in [0.15, 0.2) is 0 Å². The molecule has 0 aromatic heterocycles. The first-order valence-corrected chi connectivity index (χ1v) is 8.80. The van der Waals surface area contributed by atoms with Gasteiger partial charge in [0.1, 0.15) is 6.04 Å². The minimum absolute atomic E-state index is 0.230. The average molecular weight is 313 g/mol. The van der Waals surface area contributed by atoms with Crippen molar-refractivity contribution < 1.29 is 24.6 Å². The van der Waals surface area contributed by atoms with Gasteiger partial charge in [-0.2, -0.15) is 0 Å². The van der Waals surface area contributed by atoms with Gasteiger partial charge in [-0.15, -0.1) is 0 Å². The SMILES string of the molecule is CC(=O)N[C@@H](CSSSC[C@H](C)C(=O)O)C(=O)O. The number of aliphatic carboxylic acids is 2. The monoisotopic (exact) mass is 313 g/mol. The molecule has 18 heavy (non-hydrogen) atoms. The topological polar surface area (TPSA) is 104 Å². The van der Waals surface area contributed by atoms with Gasteiger partial charge < -0.3 is 15.5 Å². The Kier molecular flexibility index (Phi) is 9.12. The van der Waals surface area contributed by atoms with Crippen LogP contribution >= 0.6 is 31.4 Å². The highest BCUT2D eigenvalue weighted by Crippen LogP contribution is 2.36. The zero-order valence-electron chi connectivity index (χ0n) is 9.91. The zero-order valence-corrected chi connectivity index (χ0v) is 12.4. The molecule has 0 radical (unpaired) electrons. The van der Waals surface area contributed by atoms with Gasteiger partial charge in [-0.1, -0.05) is 28.5 Å². The highest BCUT2D eigenvalue weighted by Gasteiger charge is 2.18. The van der Waals surface area contributed by atoms with Crippen LogP contribution in [0.5, 0.6) is 0 Å². The summed E-state index contributed by atoms with van der Waals surface area (Å²) < 4.78 is 0. The van der Waals surface area contributed by atoms with E-state index in [4.69, 9.17) is 10.2 Å². The highest BCUT2D eigenvalue weighted by molar-refractivity contribution is 9.09. The molecule has 6 nitrogen and oxygen atoms in total. The van der Waals surface area contributed by atoms with Crippen LogP contribution < -0.4 is 5.32 Å². The Labute approximate surface area is 116 Å². The summed E-state index contributed by atoms with van der Waals surface area (Å²) in [6, 6.07) is -0.919. The Hall–Kier alpha value is -0.540. The van der Waals surface area contributed by atoms with Gasteiger partial charge in [-0.05, 0) is 9.83 Å². The third-order valence-corrected chi connectivity index (χ3v) is 6.17. The molecule has 0 aliphatic carbocycles. The first-order valence-electron chi connectivity index (χ1n) is 4.98. The molecular formula is C9H15NO5S3. The smallest absolute Gasteiger partial charge is 0.327 e. The second-order valence-electron chi connectivity index (χ2n) is 3.47. The van der Waals surface area contributed by atoms with E-state index in [9.17, 15) is 14.4 Å². The van der Waals surface area contributed by atoms with Crippen molar-refractivity contribution >= 4 is 49.3 Å². The summed E-state index contributed by atoms with van der Waals surface area (Å²) in [4.78, 5) is 32.1. The molecule has 0 rings (SSSR count). The maximum absolute atomic E-state index is 10.8. The van der Waals surface area contributed by atoms with Gasteiger partial charge in [0.05, 0.1) is 5.92 Å². The Morgan fingerprint density at radius 2 is 1.67 bits per heavy atom. The van der Waals surface area contributed by atoms with E-state index in [0.717, 1.165) is 0 Å². The zero-order chi connectivity index (χ0) is 14.1. The van der Waals surface area contributed by atoms with E-state index in [1.807, 2.05) is 0 Å². The first kappa shape index (κ1) is 17.5. The summed E-state index contributed by atoms with van der Waals surface area (Å²) in [6.07, 6.45) is 0. The molecule has 0 aromatic rings. The summed E-state index contributed by atoms with van der Waals surface area (Å²) in [6.45, 7) is 2.87. The summed E-state index contributed by atoms with van der Waals surface area (Å²) in [7, 11) is 3.96. The van der Waals surface area contributed by atoms with Gasteiger partial charge in [0.15, 0.2) is 0 Å². The number of carboxylic acids is 2. The van der Waals surface area contributed by atoms with Crippen molar-refractivity contribution in [2.45, 2.75) is 19.9 Å². The number of nitrogens with one attached hydrogen (secondary N) is 1. The van der Waals surface area contributed by atoms with Crippen LogP contribution in [0, 0.1) is 5.92 Å². The average Bonchev–Trinajstić information content (AvgIpc) is 2.25. The van der Waals surface area contributed by atoms with Crippen LogP contribution in [-0.2, 0) is 14.4 Å². The lowest BCUT2D eigenvalue weighted by atomic mass is 10.2. The molecule has 0 aliphatic rings. The molecule has 2 atom stereocenters.